The fourth-order valence-corrected chi connectivity index (χ4v) is 4.97. The first kappa shape index (κ1) is 20.2. The van der Waals surface area contributed by atoms with Crippen molar-refractivity contribution in [1.29, 1.82) is 0 Å². The first-order valence-corrected chi connectivity index (χ1v) is 10.4. The van der Waals surface area contributed by atoms with Gasteiger partial charge in [-0.05, 0) is 59.3 Å². The summed E-state index contributed by atoms with van der Waals surface area (Å²) < 4.78 is 5.53. The SMILES string of the molecule is CC(C)(C)OC(=O)N1C2CCC1CC(ONC(=O)C1CCC3CN1C(=O)N3O)C2. The molecule has 0 aromatic carbocycles. The molecule has 4 atom stereocenters. The van der Waals surface area contributed by atoms with E-state index in [0.717, 1.165) is 17.9 Å². The molecule has 10 nitrogen and oxygen atoms in total. The number of hydroxylamine groups is 3. The molecule has 29 heavy (non-hydrogen) atoms. The summed E-state index contributed by atoms with van der Waals surface area (Å²) in [6.07, 6.45) is 3.67. The van der Waals surface area contributed by atoms with Gasteiger partial charge in [-0.3, -0.25) is 14.8 Å². The number of nitrogens with zero attached hydrogens (tertiary/aromatic N) is 3. The van der Waals surface area contributed by atoms with Gasteiger partial charge >= 0.3 is 12.1 Å². The topological polar surface area (TPSA) is 112 Å². The predicted octanol–water partition coefficient (Wildman–Crippen LogP) is 1.62. The lowest BCUT2D eigenvalue weighted by Crippen LogP contribution is -2.53. The van der Waals surface area contributed by atoms with E-state index in [0.29, 0.717) is 32.2 Å². The third-order valence-electron chi connectivity index (χ3n) is 6.27. The number of carbonyl (C=O) groups excluding carboxylic acids is 3. The predicted molar refractivity (Wildman–Crippen MR) is 99.7 cm³/mol. The van der Waals surface area contributed by atoms with Gasteiger partial charge in [0.1, 0.15) is 11.6 Å². The van der Waals surface area contributed by atoms with Gasteiger partial charge in [-0.25, -0.2) is 20.1 Å². The van der Waals surface area contributed by atoms with Gasteiger partial charge < -0.3 is 14.5 Å². The minimum absolute atomic E-state index is 0.0454. The van der Waals surface area contributed by atoms with E-state index in [2.05, 4.69) is 5.48 Å². The molecule has 4 heterocycles. The average molecular weight is 410 g/mol. The molecule has 4 unspecified atom stereocenters. The van der Waals surface area contributed by atoms with Gasteiger partial charge in [0.05, 0.1) is 12.1 Å². The molecular formula is C19H30N4O6. The van der Waals surface area contributed by atoms with Crippen molar-refractivity contribution < 1.29 is 29.2 Å². The minimum Gasteiger partial charge on any atom is -0.444 e. The second kappa shape index (κ2) is 7.32. The molecule has 4 aliphatic heterocycles. The molecule has 4 bridgehead atoms. The van der Waals surface area contributed by atoms with E-state index < -0.39 is 17.7 Å². The fourth-order valence-electron chi connectivity index (χ4n) is 4.97. The van der Waals surface area contributed by atoms with Gasteiger partial charge in [-0.15, -0.1) is 0 Å². The third-order valence-corrected chi connectivity index (χ3v) is 6.27. The van der Waals surface area contributed by atoms with Crippen LogP contribution in [-0.4, -0.2) is 80.5 Å². The van der Waals surface area contributed by atoms with Gasteiger partial charge in [-0.1, -0.05) is 0 Å². The Labute approximate surface area is 170 Å². The third kappa shape index (κ3) is 3.87. The van der Waals surface area contributed by atoms with Crippen LogP contribution in [0.1, 0.15) is 59.3 Å². The van der Waals surface area contributed by atoms with Crippen molar-refractivity contribution in [1.82, 2.24) is 20.3 Å². The molecule has 0 aromatic heterocycles. The molecule has 0 aromatic rings. The number of ether oxygens (including phenoxy) is 1. The monoisotopic (exact) mass is 410 g/mol. The molecule has 0 saturated carbocycles. The van der Waals surface area contributed by atoms with E-state index in [1.54, 1.807) is 0 Å². The Bertz CT molecular complexity index is 681. The summed E-state index contributed by atoms with van der Waals surface area (Å²) >= 11 is 0. The van der Waals surface area contributed by atoms with Crippen molar-refractivity contribution in [2.45, 2.75) is 95.2 Å². The molecule has 4 rings (SSSR count). The lowest BCUT2D eigenvalue weighted by atomic mass is 10.00. The van der Waals surface area contributed by atoms with Crippen molar-refractivity contribution in [3.8, 4) is 0 Å². The van der Waals surface area contributed by atoms with Crippen LogP contribution in [-0.2, 0) is 14.4 Å². The first-order chi connectivity index (χ1) is 13.6. The molecule has 2 N–H and O–H groups in total. The fraction of sp³-hybridized carbons (Fsp3) is 0.842. The highest BCUT2D eigenvalue weighted by Gasteiger charge is 2.48. The number of amides is 4. The van der Waals surface area contributed by atoms with E-state index >= 15 is 0 Å². The summed E-state index contributed by atoms with van der Waals surface area (Å²) in [6, 6.07) is -1.31. The standard InChI is InChI=1S/C19H30N4O6/c1-19(2,3)28-18(26)22-11-4-5-12(22)9-14(8-11)29-20-16(24)15-7-6-13-10-21(15)17(25)23(13)27/h11-15,27H,4-10H2,1-3H3,(H,20,24). The van der Waals surface area contributed by atoms with Crippen LogP contribution in [0.3, 0.4) is 0 Å². The number of hydrogen-bond acceptors (Lipinski definition) is 6. The molecule has 4 fully saturated rings. The minimum atomic E-state index is -0.630. The largest absolute Gasteiger partial charge is 0.444 e. The maximum absolute atomic E-state index is 12.6. The van der Waals surface area contributed by atoms with Crippen molar-refractivity contribution in [3.05, 3.63) is 0 Å². The van der Waals surface area contributed by atoms with Gasteiger partial charge in [0.25, 0.3) is 5.91 Å². The van der Waals surface area contributed by atoms with Crippen LogP contribution in [0.2, 0.25) is 0 Å². The van der Waals surface area contributed by atoms with E-state index in [1.165, 1.54) is 4.90 Å². The van der Waals surface area contributed by atoms with Gasteiger partial charge in [0.2, 0.25) is 0 Å². The van der Waals surface area contributed by atoms with E-state index in [-0.39, 0.29) is 36.2 Å². The van der Waals surface area contributed by atoms with Crippen molar-refractivity contribution in [3.63, 3.8) is 0 Å². The quantitative estimate of drug-likeness (QED) is 0.540. The number of carbonyl (C=O) groups is 3. The van der Waals surface area contributed by atoms with Crippen LogP contribution in [0.15, 0.2) is 0 Å². The highest BCUT2D eigenvalue weighted by Crippen LogP contribution is 2.37. The number of fused-ring (bicyclic) bond motifs is 4. The van der Waals surface area contributed by atoms with E-state index in [9.17, 15) is 19.6 Å². The zero-order valence-corrected chi connectivity index (χ0v) is 17.2. The molecule has 0 spiro atoms. The maximum Gasteiger partial charge on any atom is 0.410 e. The smallest absolute Gasteiger partial charge is 0.410 e. The summed E-state index contributed by atoms with van der Waals surface area (Å²) in [5.74, 6) is -0.367. The van der Waals surface area contributed by atoms with Crippen molar-refractivity contribution in [2.75, 3.05) is 6.54 Å². The average Bonchev–Trinajstić information content (AvgIpc) is 3.04. The number of hydrogen-bond donors (Lipinski definition) is 2. The highest BCUT2D eigenvalue weighted by molar-refractivity contribution is 5.87. The Morgan fingerprint density at radius 2 is 1.69 bits per heavy atom. The lowest BCUT2D eigenvalue weighted by molar-refractivity contribution is -0.147. The number of nitrogens with one attached hydrogen (secondary N) is 1. The zero-order chi connectivity index (χ0) is 20.9. The van der Waals surface area contributed by atoms with Gasteiger partial charge in [0.15, 0.2) is 0 Å². The zero-order valence-electron chi connectivity index (χ0n) is 17.2. The molecular weight excluding hydrogens is 380 g/mol. The summed E-state index contributed by atoms with van der Waals surface area (Å²) in [6.45, 7) is 5.91. The second-order valence-corrected chi connectivity index (χ2v) is 9.48. The number of rotatable bonds is 3. The molecule has 0 aliphatic carbocycles. The molecule has 4 aliphatic rings. The van der Waals surface area contributed by atoms with Gasteiger partial charge in [-0.2, -0.15) is 0 Å². The van der Waals surface area contributed by atoms with Crippen LogP contribution in [0.4, 0.5) is 9.59 Å². The van der Waals surface area contributed by atoms with Crippen LogP contribution in [0, 0.1) is 0 Å². The van der Waals surface area contributed by atoms with Crippen LogP contribution in [0.5, 0.6) is 0 Å². The normalized spacial score (nSPS) is 33.9. The molecule has 162 valence electrons. The molecule has 10 heteroatoms. The Balaban J connectivity index is 1.29. The molecule has 0 radical (unpaired) electrons. The van der Waals surface area contributed by atoms with Crippen LogP contribution in [0.25, 0.3) is 0 Å². The lowest BCUT2D eigenvalue weighted by Gasteiger charge is -2.39. The Morgan fingerprint density at radius 3 is 2.31 bits per heavy atom. The first-order valence-electron chi connectivity index (χ1n) is 10.4. The number of urea groups is 1. The Hall–Kier alpha value is -2.07. The summed E-state index contributed by atoms with van der Waals surface area (Å²) in [5, 5.41) is 10.5. The van der Waals surface area contributed by atoms with Crippen molar-refractivity contribution >= 4 is 18.0 Å². The highest BCUT2D eigenvalue weighted by atomic mass is 16.7. The van der Waals surface area contributed by atoms with Gasteiger partial charge in [0, 0.05) is 18.6 Å². The van der Waals surface area contributed by atoms with E-state index in [1.807, 2.05) is 25.7 Å². The number of piperidine rings is 2. The Kier molecular flexibility index (Phi) is 5.10. The summed E-state index contributed by atoms with van der Waals surface area (Å²) in [7, 11) is 0. The summed E-state index contributed by atoms with van der Waals surface area (Å²) in [4.78, 5) is 46.0. The Morgan fingerprint density at radius 1 is 1.07 bits per heavy atom. The second-order valence-electron chi connectivity index (χ2n) is 9.48. The van der Waals surface area contributed by atoms with Crippen molar-refractivity contribution in [2.24, 2.45) is 0 Å². The molecule has 4 amide bonds. The maximum atomic E-state index is 12.6. The van der Waals surface area contributed by atoms with Crippen LogP contribution >= 0.6 is 0 Å². The van der Waals surface area contributed by atoms with E-state index in [4.69, 9.17) is 9.57 Å². The van der Waals surface area contributed by atoms with Crippen LogP contribution < -0.4 is 5.48 Å². The summed E-state index contributed by atoms with van der Waals surface area (Å²) in [5.41, 5.74) is 1.99. The molecule has 4 saturated heterocycles.